The number of benzene rings is 1. The first-order valence-electron chi connectivity index (χ1n) is 4.41. The van der Waals surface area contributed by atoms with Crippen molar-refractivity contribution in [1.29, 1.82) is 0 Å². The van der Waals surface area contributed by atoms with Crippen LogP contribution in [0.5, 0.6) is 0 Å². The Labute approximate surface area is 117 Å². The lowest BCUT2D eigenvalue weighted by Crippen LogP contribution is -2.12. The second kappa shape index (κ2) is 5.95. The fourth-order valence-corrected chi connectivity index (χ4v) is 2.60. The largest absolute Gasteiger partial charge is 0.320 e. The van der Waals surface area contributed by atoms with Crippen LogP contribution in [0.3, 0.4) is 0 Å². The van der Waals surface area contributed by atoms with Crippen LogP contribution < -0.4 is 5.73 Å². The van der Waals surface area contributed by atoms with Crippen molar-refractivity contribution in [2.45, 2.75) is 6.04 Å². The molecule has 0 amide bonds. The first-order chi connectivity index (χ1) is 7.18. The highest BCUT2D eigenvalue weighted by atomic mass is 127. The molecular weight excluding hydrogens is 360 g/mol. The van der Waals surface area contributed by atoms with E-state index in [0.29, 0.717) is 5.56 Å². The Morgan fingerprint density at radius 3 is 2.69 bits per heavy atom. The summed E-state index contributed by atoms with van der Waals surface area (Å²) in [6.07, 6.45) is 0. The van der Waals surface area contributed by atoms with Gasteiger partial charge in [-0.25, -0.2) is 4.39 Å². The highest BCUT2D eigenvalue weighted by Gasteiger charge is 2.13. The molecule has 1 aromatic carbocycles. The minimum atomic E-state index is -0.369. The predicted octanol–water partition coefficient (Wildman–Crippen LogP) is 3.96. The third-order valence-corrected chi connectivity index (χ3v) is 3.57. The van der Waals surface area contributed by atoms with Crippen LogP contribution in [0, 0.1) is 9.39 Å². The molecule has 0 aliphatic carbocycles. The van der Waals surface area contributed by atoms with Gasteiger partial charge in [0.05, 0.1) is 6.04 Å². The summed E-state index contributed by atoms with van der Waals surface area (Å²) in [7, 11) is 0. The molecule has 0 radical (unpaired) electrons. The zero-order valence-corrected chi connectivity index (χ0v) is 12.0. The van der Waals surface area contributed by atoms with Crippen molar-refractivity contribution in [3.63, 3.8) is 0 Å². The molecule has 0 aliphatic heterocycles. The zero-order valence-electron chi connectivity index (χ0n) is 8.19. The first-order valence-corrected chi connectivity index (χ1v) is 6.43. The van der Waals surface area contributed by atoms with E-state index in [2.05, 4.69) is 22.6 Å². The van der Waals surface area contributed by atoms with E-state index in [0.717, 1.165) is 9.13 Å². The maximum absolute atomic E-state index is 13.5. The van der Waals surface area contributed by atoms with Crippen molar-refractivity contribution in [3.05, 3.63) is 55.5 Å². The fraction of sp³-hybridized carbons (Fsp3) is 0.0909. The minimum Gasteiger partial charge on any atom is -0.320 e. The van der Waals surface area contributed by atoms with E-state index in [1.807, 2.05) is 16.8 Å². The van der Waals surface area contributed by atoms with Crippen LogP contribution in [0.1, 0.15) is 17.2 Å². The summed E-state index contributed by atoms with van der Waals surface area (Å²) >= 11 is 3.72. The number of nitrogens with two attached hydrogens (primary N) is 1. The quantitative estimate of drug-likeness (QED) is 0.797. The van der Waals surface area contributed by atoms with Gasteiger partial charge in [-0.2, -0.15) is 11.3 Å². The number of halogens is 3. The van der Waals surface area contributed by atoms with E-state index in [1.54, 1.807) is 23.5 Å². The van der Waals surface area contributed by atoms with Gasteiger partial charge < -0.3 is 5.73 Å². The van der Waals surface area contributed by atoms with Crippen LogP contribution in [-0.4, -0.2) is 0 Å². The van der Waals surface area contributed by atoms with Gasteiger partial charge in [0.1, 0.15) is 5.82 Å². The van der Waals surface area contributed by atoms with E-state index in [4.69, 9.17) is 5.73 Å². The Morgan fingerprint density at radius 1 is 1.31 bits per heavy atom. The molecule has 0 fully saturated rings. The van der Waals surface area contributed by atoms with Gasteiger partial charge in [-0.15, -0.1) is 12.4 Å². The molecule has 1 heterocycles. The number of rotatable bonds is 2. The summed E-state index contributed by atoms with van der Waals surface area (Å²) in [5, 5.41) is 3.89. The molecule has 2 N–H and O–H groups in total. The van der Waals surface area contributed by atoms with E-state index in [9.17, 15) is 4.39 Å². The Hall–Kier alpha value is -0.170. The monoisotopic (exact) mass is 369 g/mol. The third kappa shape index (κ3) is 2.94. The van der Waals surface area contributed by atoms with Crippen molar-refractivity contribution in [2.24, 2.45) is 5.73 Å². The van der Waals surface area contributed by atoms with Gasteiger partial charge in [0, 0.05) is 9.13 Å². The molecule has 0 unspecified atom stereocenters. The van der Waals surface area contributed by atoms with E-state index in [-0.39, 0.29) is 24.3 Å². The van der Waals surface area contributed by atoms with Gasteiger partial charge in [-0.1, -0.05) is 0 Å². The molecule has 5 heteroatoms. The van der Waals surface area contributed by atoms with Crippen molar-refractivity contribution in [3.8, 4) is 0 Å². The van der Waals surface area contributed by atoms with Gasteiger partial charge in [-0.05, 0) is 63.2 Å². The maximum atomic E-state index is 13.5. The fourth-order valence-electron chi connectivity index (χ4n) is 1.38. The van der Waals surface area contributed by atoms with Crippen molar-refractivity contribution >= 4 is 46.3 Å². The number of hydrogen-bond acceptors (Lipinski definition) is 2. The van der Waals surface area contributed by atoms with E-state index in [1.165, 1.54) is 6.07 Å². The second-order valence-corrected chi connectivity index (χ2v) is 5.23. The zero-order chi connectivity index (χ0) is 10.8. The highest BCUT2D eigenvalue weighted by molar-refractivity contribution is 14.1. The van der Waals surface area contributed by atoms with Crippen LogP contribution >= 0.6 is 46.3 Å². The lowest BCUT2D eigenvalue weighted by molar-refractivity contribution is 0.599. The highest BCUT2D eigenvalue weighted by Crippen LogP contribution is 2.25. The normalized spacial score (nSPS) is 11.9. The van der Waals surface area contributed by atoms with E-state index >= 15 is 0 Å². The summed E-state index contributed by atoms with van der Waals surface area (Å²) in [5.74, 6) is -0.242. The van der Waals surface area contributed by atoms with Gasteiger partial charge in [0.2, 0.25) is 0 Å². The van der Waals surface area contributed by atoms with Crippen LogP contribution in [0.15, 0.2) is 35.0 Å². The molecule has 0 saturated carbocycles. The lowest BCUT2D eigenvalue weighted by atomic mass is 10.0. The molecule has 2 aromatic rings. The molecule has 86 valence electrons. The smallest absolute Gasteiger partial charge is 0.128 e. The molecule has 16 heavy (non-hydrogen) atoms. The Bertz CT molecular complexity index is 461. The van der Waals surface area contributed by atoms with Crippen molar-refractivity contribution < 1.29 is 4.39 Å². The molecule has 2 rings (SSSR count). The van der Waals surface area contributed by atoms with Crippen LogP contribution in [0.25, 0.3) is 0 Å². The molecular formula is C11H10ClFINS. The van der Waals surface area contributed by atoms with Gasteiger partial charge in [-0.3, -0.25) is 0 Å². The van der Waals surface area contributed by atoms with Crippen LogP contribution in [-0.2, 0) is 0 Å². The molecule has 1 aromatic heterocycles. The Morgan fingerprint density at radius 2 is 2.06 bits per heavy atom. The topological polar surface area (TPSA) is 26.0 Å². The predicted molar refractivity (Wildman–Crippen MR) is 76.7 cm³/mol. The summed E-state index contributed by atoms with van der Waals surface area (Å²) < 4.78 is 14.5. The molecule has 0 saturated heterocycles. The average Bonchev–Trinajstić information content (AvgIpc) is 2.74. The van der Waals surface area contributed by atoms with Gasteiger partial charge in [0.25, 0.3) is 0 Å². The summed E-state index contributed by atoms with van der Waals surface area (Å²) in [4.78, 5) is 0. The van der Waals surface area contributed by atoms with Crippen molar-refractivity contribution in [2.75, 3.05) is 0 Å². The molecule has 1 nitrogen and oxygen atoms in total. The Balaban J connectivity index is 0.00000128. The Kier molecular flexibility index (Phi) is 5.17. The summed E-state index contributed by atoms with van der Waals surface area (Å²) in [5.41, 5.74) is 7.51. The van der Waals surface area contributed by atoms with Gasteiger partial charge in [0.15, 0.2) is 0 Å². The van der Waals surface area contributed by atoms with Crippen LogP contribution in [0.4, 0.5) is 4.39 Å². The first kappa shape index (κ1) is 13.9. The van der Waals surface area contributed by atoms with Gasteiger partial charge >= 0.3 is 0 Å². The minimum absolute atomic E-state index is 0. The van der Waals surface area contributed by atoms with E-state index < -0.39 is 0 Å². The average molecular weight is 370 g/mol. The molecule has 0 spiro atoms. The number of thiophene rings is 1. The standard InChI is InChI=1S/C11H9FINS.ClH/c12-10-2-1-8(13)5-9(10)11(14)7-3-4-15-6-7;/h1-6,11H,14H2;1H/t11-;/m0./s1. The number of hydrogen-bond donors (Lipinski definition) is 1. The molecule has 0 bridgehead atoms. The second-order valence-electron chi connectivity index (χ2n) is 3.20. The maximum Gasteiger partial charge on any atom is 0.128 e. The molecule has 0 aliphatic rings. The van der Waals surface area contributed by atoms with Crippen molar-refractivity contribution in [1.82, 2.24) is 0 Å². The lowest BCUT2D eigenvalue weighted by Gasteiger charge is -2.11. The summed E-state index contributed by atoms with van der Waals surface area (Å²) in [6.45, 7) is 0. The molecule has 1 atom stereocenters. The SMILES string of the molecule is Cl.N[C@@H](c1ccsc1)c1cc(I)ccc1F. The third-order valence-electron chi connectivity index (χ3n) is 2.20. The van der Waals surface area contributed by atoms with Crippen LogP contribution in [0.2, 0.25) is 0 Å². The summed E-state index contributed by atoms with van der Waals surface area (Å²) in [6, 6.07) is 6.54.